The predicted molar refractivity (Wildman–Crippen MR) is 144 cm³/mol. The zero-order chi connectivity index (χ0) is 22.9. The van der Waals surface area contributed by atoms with E-state index in [4.69, 9.17) is 14.5 Å². The Bertz CT molecular complexity index is 1060. The van der Waals surface area contributed by atoms with E-state index < -0.39 is 0 Å². The van der Waals surface area contributed by atoms with Crippen LogP contribution in [0.1, 0.15) is 23.9 Å². The van der Waals surface area contributed by atoms with Gasteiger partial charge in [-0.15, -0.1) is 34.2 Å². The van der Waals surface area contributed by atoms with Crippen LogP contribution < -0.4 is 14.8 Å². The average molecular weight is 576 g/mol. The molecule has 2 aromatic carbocycles. The quantitative estimate of drug-likeness (QED) is 0.239. The van der Waals surface area contributed by atoms with Crippen molar-refractivity contribution in [3.63, 3.8) is 0 Å². The number of aromatic nitrogens is 3. The molecule has 0 radical (unpaired) electrons. The van der Waals surface area contributed by atoms with Gasteiger partial charge in [0.2, 0.25) is 0 Å². The molecule has 0 fully saturated rings. The van der Waals surface area contributed by atoms with Gasteiger partial charge in [-0.3, -0.25) is 4.99 Å². The van der Waals surface area contributed by atoms with Crippen molar-refractivity contribution >= 4 is 29.9 Å². The molecule has 0 aliphatic carbocycles. The van der Waals surface area contributed by atoms with Crippen molar-refractivity contribution in [1.29, 1.82) is 0 Å². The maximum Gasteiger partial charge on any atom is 0.194 e. The zero-order valence-electron chi connectivity index (χ0n) is 19.8. The van der Waals surface area contributed by atoms with Gasteiger partial charge in [-0.05, 0) is 29.7 Å². The summed E-state index contributed by atoms with van der Waals surface area (Å²) < 4.78 is 13.4. The number of guanidine groups is 1. The lowest BCUT2D eigenvalue weighted by Gasteiger charge is -2.23. The highest BCUT2D eigenvalue weighted by atomic mass is 127. The van der Waals surface area contributed by atoms with Gasteiger partial charge in [-0.2, -0.15) is 0 Å². The third-order valence-electron chi connectivity index (χ3n) is 5.54. The van der Waals surface area contributed by atoms with E-state index in [0.717, 1.165) is 55.8 Å². The fourth-order valence-electron chi connectivity index (χ4n) is 3.81. The van der Waals surface area contributed by atoms with Crippen LogP contribution in [0.15, 0.2) is 59.9 Å². The molecule has 1 aromatic heterocycles. The largest absolute Gasteiger partial charge is 0.486 e. The number of fused-ring (bicyclic) bond motifs is 1. The van der Waals surface area contributed by atoms with Crippen molar-refractivity contribution in [2.45, 2.75) is 32.9 Å². The molecule has 9 heteroatoms. The van der Waals surface area contributed by atoms with E-state index >= 15 is 0 Å². The van der Waals surface area contributed by atoms with Crippen molar-refractivity contribution in [3.05, 3.63) is 71.8 Å². The van der Waals surface area contributed by atoms with Crippen molar-refractivity contribution in [2.75, 3.05) is 33.4 Å². The normalized spacial score (nSPS) is 12.7. The van der Waals surface area contributed by atoms with Crippen LogP contribution in [-0.4, -0.2) is 59.0 Å². The van der Waals surface area contributed by atoms with Gasteiger partial charge < -0.3 is 24.3 Å². The summed E-state index contributed by atoms with van der Waals surface area (Å²) in [5, 5.41) is 11.7. The highest BCUT2D eigenvalue weighted by Gasteiger charge is 2.12. The predicted octanol–water partition coefficient (Wildman–Crippen LogP) is 3.55. The van der Waals surface area contributed by atoms with Gasteiger partial charge in [0.25, 0.3) is 0 Å². The maximum absolute atomic E-state index is 5.71. The fourth-order valence-corrected chi connectivity index (χ4v) is 3.81. The molecule has 0 bridgehead atoms. The number of benzene rings is 2. The average Bonchev–Trinajstić information content (AvgIpc) is 3.31. The summed E-state index contributed by atoms with van der Waals surface area (Å²) in [4.78, 5) is 7.07. The highest BCUT2D eigenvalue weighted by molar-refractivity contribution is 14.0. The zero-order valence-corrected chi connectivity index (χ0v) is 22.1. The Kier molecular flexibility index (Phi) is 9.99. The van der Waals surface area contributed by atoms with Crippen LogP contribution in [0.2, 0.25) is 0 Å². The Morgan fingerprint density at radius 1 is 1.09 bits per heavy atom. The first-order chi connectivity index (χ1) is 16.2. The fraction of sp³-hybridized carbons (Fsp3) is 0.400. The molecule has 4 rings (SSSR count). The Morgan fingerprint density at radius 3 is 2.68 bits per heavy atom. The maximum atomic E-state index is 5.71. The molecule has 1 aliphatic rings. The number of nitrogens with one attached hydrogen (secondary N) is 1. The molecule has 0 saturated heterocycles. The molecule has 182 valence electrons. The van der Waals surface area contributed by atoms with Gasteiger partial charge >= 0.3 is 0 Å². The van der Waals surface area contributed by atoms with E-state index in [0.29, 0.717) is 19.8 Å². The summed E-state index contributed by atoms with van der Waals surface area (Å²) in [7, 11) is 2.07. The van der Waals surface area contributed by atoms with Crippen molar-refractivity contribution in [1.82, 2.24) is 25.0 Å². The lowest BCUT2D eigenvalue weighted by atomic mass is 10.1. The number of ether oxygens (including phenoxy) is 2. The molecular formula is C25H33IN6O2. The summed E-state index contributed by atoms with van der Waals surface area (Å²) >= 11 is 0. The van der Waals surface area contributed by atoms with Crippen LogP contribution in [0, 0.1) is 0 Å². The summed E-state index contributed by atoms with van der Waals surface area (Å²) in [6, 6.07) is 16.6. The number of rotatable bonds is 9. The number of aryl methyl sites for hydroxylation is 1. The Hall–Kier alpha value is -2.82. The Morgan fingerprint density at radius 2 is 1.88 bits per heavy atom. The van der Waals surface area contributed by atoms with E-state index in [1.54, 1.807) is 6.33 Å². The SMILES string of the molecule is CCc1nncn1CCNC(=NCCc1ccc2c(c1)OCCO2)N(C)Cc1ccccc1.I. The van der Waals surface area contributed by atoms with Crippen LogP contribution in [0.25, 0.3) is 0 Å². The smallest absolute Gasteiger partial charge is 0.194 e. The minimum Gasteiger partial charge on any atom is -0.486 e. The van der Waals surface area contributed by atoms with Crippen LogP contribution in [-0.2, 0) is 25.9 Å². The summed E-state index contributed by atoms with van der Waals surface area (Å²) in [5.74, 6) is 3.51. The number of hydrogen-bond donors (Lipinski definition) is 1. The molecule has 2 heterocycles. The summed E-state index contributed by atoms with van der Waals surface area (Å²) in [6.45, 7) is 6.28. The molecule has 0 unspecified atom stereocenters. The number of hydrogen-bond acceptors (Lipinski definition) is 5. The lowest BCUT2D eigenvalue weighted by molar-refractivity contribution is 0.171. The van der Waals surface area contributed by atoms with Crippen LogP contribution in [0.5, 0.6) is 11.5 Å². The van der Waals surface area contributed by atoms with Crippen LogP contribution in [0.3, 0.4) is 0 Å². The standard InChI is InChI=1S/C25H32N6O2.HI/c1-3-24-29-28-19-31(24)14-13-27-25(30(2)18-21-7-5-4-6-8-21)26-12-11-20-9-10-22-23(17-20)33-16-15-32-22;/h4-10,17,19H,3,11-16,18H2,1-2H3,(H,26,27);1H. The van der Waals surface area contributed by atoms with Gasteiger partial charge in [0.15, 0.2) is 17.5 Å². The topological polar surface area (TPSA) is 76.8 Å². The van der Waals surface area contributed by atoms with Gasteiger partial charge in [-0.1, -0.05) is 43.3 Å². The summed E-state index contributed by atoms with van der Waals surface area (Å²) in [5.41, 5.74) is 2.43. The van der Waals surface area contributed by atoms with E-state index in [1.165, 1.54) is 11.1 Å². The minimum atomic E-state index is 0. The Labute approximate surface area is 218 Å². The molecule has 34 heavy (non-hydrogen) atoms. The Balaban J connectivity index is 0.00000324. The first-order valence-corrected chi connectivity index (χ1v) is 11.5. The molecule has 1 N–H and O–H groups in total. The lowest BCUT2D eigenvalue weighted by Crippen LogP contribution is -2.40. The van der Waals surface area contributed by atoms with Crippen molar-refractivity contribution < 1.29 is 9.47 Å². The van der Waals surface area contributed by atoms with Gasteiger partial charge in [-0.25, -0.2) is 0 Å². The second-order valence-electron chi connectivity index (χ2n) is 8.00. The molecule has 3 aromatic rings. The molecule has 8 nitrogen and oxygen atoms in total. The molecule has 0 atom stereocenters. The van der Waals surface area contributed by atoms with Gasteiger partial charge in [0, 0.05) is 39.6 Å². The van der Waals surface area contributed by atoms with Gasteiger partial charge in [0.1, 0.15) is 25.4 Å². The van der Waals surface area contributed by atoms with E-state index in [1.807, 2.05) is 12.1 Å². The molecule has 0 saturated carbocycles. The van der Waals surface area contributed by atoms with Crippen LogP contribution in [0.4, 0.5) is 0 Å². The number of aliphatic imine (C=N–C) groups is 1. The van der Waals surface area contributed by atoms with E-state index in [9.17, 15) is 0 Å². The third kappa shape index (κ3) is 7.09. The highest BCUT2D eigenvalue weighted by Crippen LogP contribution is 2.30. The minimum absolute atomic E-state index is 0. The monoisotopic (exact) mass is 576 g/mol. The first kappa shape index (κ1) is 25.8. The van der Waals surface area contributed by atoms with Crippen molar-refractivity contribution in [2.24, 2.45) is 4.99 Å². The molecular weight excluding hydrogens is 543 g/mol. The number of nitrogens with zero attached hydrogens (tertiary/aromatic N) is 5. The van der Waals surface area contributed by atoms with Crippen LogP contribution >= 0.6 is 24.0 Å². The van der Waals surface area contributed by atoms with E-state index in [2.05, 4.69) is 75.4 Å². The molecule has 0 spiro atoms. The third-order valence-corrected chi connectivity index (χ3v) is 5.54. The molecule has 0 amide bonds. The second kappa shape index (κ2) is 13.2. The first-order valence-electron chi connectivity index (χ1n) is 11.5. The summed E-state index contributed by atoms with van der Waals surface area (Å²) in [6.07, 6.45) is 3.48. The van der Waals surface area contributed by atoms with E-state index in [-0.39, 0.29) is 24.0 Å². The second-order valence-corrected chi connectivity index (χ2v) is 8.00. The molecule has 1 aliphatic heterocycles. The number of halogens is 1. The van der Waals surface area contributed by atoms with Gasteiger partial charge in [0.05, 0.1) is 0 Å². The van der Waals surface area contributed by atoms with Crippen molar-refractivity contribution in [3.8, 4) is 11.5 Å².